The van der Waals surface area contributed by atoms with Crippen molar-refractivity contribution in [2.75, 3.05) is 6.61 Å². The SMILES string of the molecule is CC(C)(F)CONI. The Labute approximate surface area is 62.2 Å². The molecule has 0 aliphatic carbocycles. The van der Waals surface area contributed by atoms with Crippen molar-refractivity contribution in [3.8, 4) is 0 Å². The van der Waals surface area contributed by atoms with E-state index in [4.69, 9.17) is 0 Å². The zero-order valence-electron chi connectivity index (χ0n) is 4.87. The predicted molar refractivity (Wildman–Crippen MR) is 38.3 cm³/mol. The lowest BCUT2D eigenvalue weighted by Crippen LogP contribution is -2.22. The van der Waals surface area contributed by atoms with Gasteiger partial charge in [-0.25, -0.2) is 4.39 Å². The molecule has 0 spiro atoms. The maximum atomic E-state index is 12.4. The van der Waals surface area contributed by atoms with E-state index in [1.165, 1.54) is 13.8 Å². The first-order chi connectivity index (χ1) is 3.56. The van der Waals surface area contributed by atoms with Crippen LogP contribution in [0.2, 0.25) is 0 Å². The Hall–Kier alpha value is 0.580. The lowest BCUT2D eigenvalue weighted by Gasteiger charge is -2.11. The van der Waals surface area contributed by atoms with Crippen LogP contribution in [0.25, 0.3) is 0 Å². The maximum Gasteiger partial charge on any atom is 0.130 e. The molecule has 0 aromatic heterocycles. The van der Waals surface area contributed by atoms with Crippen LogP contribution in [0, 0.1) is 0 Å². The number of rotatable bonds is 3. The maximum absolute atomic E-state index is 12.4. The Morgan fingerprint density at radius 2 is 2.25 bits per heavy atom. The van der Waals surface area contributed by atoms with Crippen molar-refractivity contribution in [2.45, 2.75) is 19.5 Å². The van der Waals surface area contributed by atoms with Gasteiger partial charge in [-0.3, -0.25) is 4.84 Å². The van der Waals surface area contributed by atoms with Crippen molar-refractivity contribution in [2.24, 2.45) is 0 Å². The van der Waals surface area contributed by atoms with Crippen molar-refractivity contribution >= 4 is 22.9 Å². The third kappa shape index (κ3) is 6.58. The Morgan fingerprint density at radius 3 is 2.38 bits per heavy atom. The first-order valence-corrected chi connectivity index (χ1v) is 3.30. The Morgan fingerprint density at radius 1 is 1.75 bits per heavy atom. The normalized spacial score (nSPS) is 12.0. The average Bonchev–Trinajstić information content (AvgIpc) is 1.59. The van der Waals surface area contributed by atoms with Gasteiger partial charge in [0.05, 0.1) is 0 Å². The van der Waals surface area contributed by atoms with Crippen molar-refractivity contribution in [3.05, 3.63) is 0 Å². The Kier molecular flexibility index (Phi) is 3.84. The van der Waals surface area contributed by atoms with Crippen LogP contribution in [0.1, 0.15) is 13.8 Å². The Balaban J connectivity index is 3.11. The lowest BCUT2D eigenvalue weighted by molar-refractivity contribution is 0.0221. The highest BCUT2D eigenvalue weighted by Crippen LogP contribution is 2.06. The first kappa shape index (κ1) is 8.58. The third-order valence-corrected chi connectivity index (χ3v) is 0.781. The molecule has 2 nitrogen and oxygen atoms in total. The average molecular weight is 233 g/mol. The molecule has 0 atom stereocenters. The summed E-state index contributed by atoms with van der Waals surface area (Å²) in [4.78, 5) is 4.56. The topological polar surface area (TPSA) is 21.3 Å². The molecule has 0 bridgehead atoms. The van der Waals surface area contributed by atoms with Gasteiger partial charge in [-0.1, -0.05) is 0 Å². The number of halogens is 2. The highest BCUT2D eigenvalue weighted by atomic mass is 127. The molecule has 0 aliphatic rings. The van der Waals surface area contributed by atoms with Gasteiger partial charge in [-0.15, -0.1) is 3.69 Å². The van der Waals surface area contributed by atoms with E-state index < -0.39 is 5.67 Å². The summed E-state index contributed by atoms with van der Waals surface area (Å²) in [7, 11) is 0. The molecule has 0 rings (SSSR count). The van der Waals surface area contributed by atoms with Crippen LogP contribution in [-0.2, 0) is 4.84 Å². The van der Waals surface area contributed by atoms with Gasteiger partial charge in [0, 0.05) is 22.9 Å². The van der Waals surface area contributed by atoms with Crippen LogP contribution < -0.4 is 3.69 Å². The molecule has 0 aliphatic heterocycles. The number of alkyl halides is 1. The van der Waals surface area contributed by atoms with E-state index in [2.05, 4.69) is 8.53 Å². The molecule has 0 fully saturated rings. The molecule has 8 heavy (non-hydrogen) atoms. The van der Waals surface area contributed by atoms with Crippen LogP contribution in [0.5, 0.6) is 0 Å². The second kappa shape index (κ2) is 3.58. The molecular weight excluding hydrogens is 224 g/mol. The van der Waals surface area contributed by atoms with Crippen molar-refractivity contribution in [3.63, 3.8) is 0 Å². The smallest absolute Gasteiger partial charge is 0.130 e. The van der Waals surface area contributed by atoms with Crippen LogP contribution >= 0.6 is 22.9 Å². The quantitative estimate of drug-likeness (QED) is 0.454. The van der Waals surface area contributed by atoms with Gasteiger partial charge in [-0.2, -0.15) is 0 Å². The molecule has 0 saturated heterocycles. The van der Waals surface area contributed by atoms with E-state index in [1.807, 2.05) is 0 Å². The van der Waals surface area contributed by atoms with E-state index in [0.29, 0.717) is 0 Å². The second-order valence-corrected chi connectivity index (χ2v) is 2.52. The van der Waals surface area contributed by atoms with Gasteiger partial charge in [0.25, 0.3) is 0 Å². The number of nitrogens with one attached hydrogen (secondary N) is 1. The molecule has 4 heteroatoms. The van der Waals surface area contributed by atoms with Crippen molar-refractivity contribution in [1.82, 2.24) is 3.69 Å². The van der Waals surface area contributed by atoms with E-state index in [-0.39, 0.29) is 6.61 Å². The molecule has 0 radical (unpaired) electrons. The fourth-order valence-electron chi connectivity index (χ4n) is 0.199. The number of hydrogen-bond donors (Lipinski definition) is 1. The van der Waals surface area contributed by atoms with Crippen LogP contribution in [0.3, 0.4) is 0 Å². The van der Waals surface area contributed by atoms with Crippen LogP contribution in [-0.4, -0.2) is 12.3 Å². The molecule has 0 heterocycles. The summed E-state index contributed by atoms with van der Waals surface area (Å²) in [6, 6.07) is 0. The highest BCUT2D eigenvalue weighted by Gasteiger charge is 2.14. The van der Waals surface area contributed by atoms with Gasteiger partial charge in [-0.05, 0) is 13.8 Å². The zero-order valence-corrected chi connectivity index (χ0v) is 7.03. The van der Waals surface area contributed by atoms with Gasteiger partial charge in [0.15, 0.2) is 0 Å². The fourth-order valence-corrected chi connectivity index (χ4v) is 0.355. The minimum absolute atomic E-state index is 0.0793. The summed E-state index contributed by atoms with van der Waals surface area (Å²) in [6.07, 6.45) is 0. The molecule has 1 N–H and O–H groups in total. The van der Waals surface area contributed by atoms with Gasteiger partial charge in [0.1, 0.15) is 12.3 Å². The van der Waals surface area contributed by atoms with E-state index in [1.54, 1.807) is 22.9 Å². The van der Waals surface area contributed by atoms with E-state index in [9.17, 15) is 4.39 Å². The largest absolute Gasteiger partial charge is 0.289 e. The molecule has 0 saturated carbocycles. The zero-order chi connectivity index (χ0) is 6.62. The standard InChI is InChI=1S/C4H9FINO/c1-4(2,5)3-8-7-6/h7H,3H2,1-2H3. The summed E-state index contributed by atoms with van der Waals surface area (Å²) in [6.45, 7) is 3.00. The van der Waals surface area contributed by atoms with E-state index >= 15 is 0 Å². The van der Waals surface area contributed by atoms with Crippen LogP contribution in [0.4, 0.5) is 4.39 Å². The summed E-state index contributed by atoms with van der Waals surface area (Å²) >= 11 is 1.79. The minimum Gasteiger partial charge on any atom is -0.289 e. The van der Waals surface area contributed by atoms with Crippen LogP contribution in [0.15, 0.2) is 0 Å². The summed E-state index contributed by atoms with van der Waals surface area (Å²) in [5, 5.41) is 0. The fraction of sp³-hybridized carbons (Fsp3) is 1.00. The highest BCUT2D eigenvalue weighted by molar-refractivity contribution is 14.1. The molecule has 0 amide bonds. The Bertz CT molecular complexity index is 63.5. The van der Waals surface area contributed by atoms with Gasteiger partial charge < -0.3 is 0 Å². The predicted octanol–water partition coefficient (Wildman–Crippen LogP) is 1.61. The lowest BCUT2D eigenvalue weighted by atomic mass is 10.2. The van der Waals surface area contributed by atoms with Gasteiger partial charge in [0.2, 0.25) is 0 Å². The molecule has 0 unspecified atom stereocenters. The number of hydrogen-bond acceptors (Lipinski definition) is 2. The molecular formula is C4H9FINO. The first-order valence-electron chi connectivity index (χ1n) is 2.22. The third-order valence-electron chi connectivity index (χ3n) is 0.470. The van der Waals surface area contributed by atoms with E-state index in [0.717, 1.165) is 0 Å². The summed E-state index contributed by atoms with van der Waals surface area (Å²) < 4.78 is 14.8. The van der Waals surface area contributed by atoms with Crippen molar-refractivity contribution in [1.29, 1.82) is 0 Å². The molecule has 0 aromatic carbocycles. The summed E-state index contributed by atoms with van der Waals surface area (Å²) in [5.74, 6) is 0. The second-order valence-electron chi connectivity index (χ2n) is 2.08. The van der Waals surface area contributed by atoms with Crippen molar-refractivity contribution < 1.29 is 9.23 Å². The molecule has 0 aromatic rings. The monoisotopic (exact) mass is 233 g/mol. The summed E-state index contributed by atoms with van der Waals surface area (Å²) in [5.41, 5.74) is -1.24. The molecule has 50 valence electrons. The van der Waals surface area contributed by atoms with Gasteiger partial charge >= 0.3 is 0 Å². The minimum atomic E-state index is -1.24.